The number of rotatable bonds is 26. The third kappa shape index (κ3) is 21.5. The van der Waals surface area contributed by atoms with Gasteiger partial charge in [0.25, 0.3) is 0 Å². The van der Waals surface area contributed by atoms with E-state index in [1.54, 1.807) is 46.4 Å². The van der Waals surface area contributed by atoms with E-state index in [1.165, 1.54) is 51.4 Å². The van der Waals surface area contributed by atoms with Crippen LogP contribution in [0.3, 0.4) is 0 Å². The predicted molar refractivity (Wildman–Crippen MR) is 203 cm³/mol. The highest BCUT2D eigenvalue weighted by Gasteiger charge is 2.36. The highest BCUT2D eigenvalue weighted by Crippen LogP contribution is 2.22. The molecule has 0 bridgehead atoms. The molecule has 4 N–H and O–H groups in total. The van der Waals surface area contributed by atoms with Gasteiger partial charge in [-0.05, 0) is 73.6 Å². The molecule has 0 aliphatic carbocycles. The molecule has 0 aromatic rings. The maximum atomic E-state index is 13.8. The minimum Gasteiger partial charge on any atom is -0.460 e. The number of carbonyl (C=O) groups is 6. The standard InChI is InChI=1S/C40H72N4O8/c1-8-9-10-11-12-13-14-15-16-17-18-21-34(46)44-28-19-20-32(44)38(50)43-31(23-25-36(48)52-40(5,6)7)33(45)29-30(37(49)42-27-26-41)22-24-35(47)51-39(2,3)4/h30-32H,8-29,41H2,1-7H3,(H,42,49)(H,43,50). The number of nitrogens with one attached hydrogen (secondary N) is 2. The summed E-state index contributed by atoms with van der Waals surface area (Å²) in [5.41, 5.74) is 4.14. The van der Waals surface area contributed by atoms with Crippen LogP contribution in [-0.4, -0.2) is 83.3 Å². The Morgan fingerprint density at radius 3 is 1.79 bits per heavy atom. The van der Waals surface area contributed by atoms with Crippen molar-refractivity contribution in [3.8, 4) is 0 Å². The zero-order chi connectivity index (χ0) is 39.2. The van der Waals surface area contributed by atoms with Crippen LogP contribution < -0.4 is 16.4 Å². The second-order valence-corrected chi connectivity index (χ2v) is 16.3. The molecule has 300 valence electrons. The molecule has 0 spiro atoms. The summed E-state index contributed by atoms with van der Waals surface area (Å²) >= 11 is 0. The lowest BCUT2D eigenvalue weighted by atomic mass is 9.91. The van der Waals surface area contributed by atoms with Gasteiger partial charge < -0.3 is 30.7 Å². The number of unbranched alkanes of at least 4 members (excludes halogenated alkanes) is 10. The lowest BCUT2D eigenvalue weighted by molar-refractivity contribution is -0.156. The van der Waals surface area contributed by atoms with Gasteiger partial charge in [-0.2, -0.15) is 0 Å². The molecular weight excluding hydrogens is 664 g/mol. The van der Waals surface area contributed by atoms with Gasteiger partial charge in [-0.15, -0.1) is 0 Å². The summed E-state index contributed by atoms with van der Waals surface area (Å²) in [6.45, 7) is 13.6. The number of ketones is 1. The Hall–Kier alpha value is -3.02. The average Bonchev–Trinajstić information content (AvgIpc) is 3.55. The predicted octanol–water partition coefficient (Wildman–Crippen LogP) is 6.06. The van der Waals surface area contributed by atoms with Crippen molar-refractivity contribution in [2.45, 2.75) is 194 Å². The highest BCUT2D eigenvalue weighted by atomic mass is 16.6. The minimum absolute atomic E-state index is 0.0396. The van der Waals surface area contributed by atoms with Crippen molar-refractivity contribution in [2.75, 3.05) is 19.6 Å². The number of esters is 2. The Labute approximate surface area is 313 Å². The summed E-state index contributed by atoms with van der Waals surface area (Å²) in [6.07, 6.45) is 14.0. The van der Waals surface area contributed by atoms with Crippen molar-refractivity contribution >= 4 is 35.4 Å². The molecule has 3 amide bonds. The van der Waals surface area contributed by atoms with Gasteiger partial charge in [0.15, 0.2) is 5.78 Å². The number of Topliss-reactive ketones (excluding diaryl/α,β-unsaturated/α-hetero) is 1. The number of ether oxygens (including phenoxy) is 2. The van der Waals surface area contributed by atoms with E-state index >= 15 is 0 Å². The van der Waals surface area contributed by atoms with Crippen LogP contribution >= 0.6 is 0 Å². The van der Waals surface area contributed by atoms with Crippen molar-refractivity contribution in [1.29, 1.82) is 0 Å². The van der Waals surface area contributed by atoms with E-state index in [9.17, 15) is 28.8 Å². The fourth-order valence-electron chi connectivity index (χ4n) is 6.39. The van der Waals surface area contributed by atoms with Crippen molar-refractivity contribution in [2.24, 2.45) is 11.7 Å². The van der Waals surface area contributed by atoms with E-state index in [2.05, 4.69) is 17.6 Å². The fourth-order valence-corrected chi connectivity index (χ4v) is 6.39. The van der Waals surface area contributed by atoms with Crippen LogP contribution in [0.15, 0.2) is 0 Å². The quantitative estimate of drug-likeness (QED) is 0.0705. The average molecular weight is 737 g/mol. The first-order chi connectivity index (χ1) is 24.5. The highest BCUT2D eigenvalue weighted by molar-refractivity contribution is 5.95. The van der Waals surface area contributed by atoms with Crippen LogP contribution in [0, 0.1) is 5.92 Å². The van der Waals surface area contributed by atoms with Crippen LogP contribution in [0.5, 0.6) is 0 Å². The molecule has 12 nitrogen and oxygen atoms in total. The van der Waals surface area contributed by atoms with Gasteiger partial charge in [0.05, 0.1) is 6.04 Å². The molecule has 52 heavy (non-hydrogen) atoms. The van der Waals surface area contributed by atoms with Crippen LogP contribution in [-0.2, 0) is 38.2 Å². The monoisotopic (exact) mass is 737 g/mol. The second kappa shape index (κ2) is 25.1. The maximum Gasteiger partial charge on any atom is 0.306 e. The molecule has 12 heteroatoms. The van der Waals surface area contributed by atoms with Crippen LogP contribution in [0.25, 0.3) is 0 Å². The Kier molecular flexibility index (Phi) is 22.7. The van der Waals surface area contributed by atoms with E-state index in [0.29, 0.717) is 25.8 Å². The zero-order valence-electron chi connectivity index (χ0n) is 33.6. The lowest BCUT2D eigenvalue weighted by Crippen LogP contribution is -2.51. The van der Waals surface area contributed by atoms with Crippen molar-refractivity contribution in [3.05, 3.63) is 0 Å². The fraction of sp³-hybridized carbons (Fsp3) is 0.850. The van der Waals surface area contributed by atoms with Gasteiger partial charge in [-0.25, -0.2) is 0 Å². The normalized spacial score (nSPS) is 15.8. The SMILES string of the molecule is CCCCCCCCCCCCCC(=O)N1CCCC1C(=O)NC(CCC(=O)OC(C)(C)C)C(=O)CC(CCC(=O)OC(C)(C)C)C(=O)NCCN. The summed E-state index contributed by atoms with van der Waals surface area (Å²) in [5.74, 6) is -3.31. The van der Waals surface area contributed by atoms with Gasteiger partial charge in [-0.1, -0.05) is 71.1 Å². The molecule has 0 aromatic heterocycles. The number of amides is 3. The molecule has 1 fully saturated rings. The molecule has 1 saturated heterocycles. The second-order valence-electron chi connectivity index (χ2n) is 16.3. The molecular formula is C40H72N4O8. The molecule has 0 radical (unpaired) electrons. The van der Waals surface area contributed by atoms with Crippen LogP contribution in [0.1, 0.15) is 170 Å². The molecule has 1 heterocycles. The number of nitrogens with zero attached hydrogens (tertiary/aromatic N) is 1. The van der Waals surface area contributed by atoms with Gasteiger partial charge >= 0.3 is 11.9 Å². The van der Waals surface area contributed by atoms with Gasteiger partial charge in [0.2, 0.25) is 17.7 Å². The molecule has 3 unspecified atom stereocenters. The number of hydrogen-bond acceptors (Lipinski definition) is 9. The summed E-state index contributed by atoms with van der Waals surface area (Å²) in [5, 5.41) is 5.52. The Morgan fingerprint density at radius 2 is 1.27 bits per heavy atom. The Balaban J connectivity index is 2.91. The largest absolute Gasteiger partial charge is 0.460 e. The Bertz CT molecular complexity index is 1110. The van der Waals surface area contributed by atoms with E-state index in [4.69, 9.17) is 15.2 Å². The van der Waals surface area contributed by atoms with Crippen molar-refractivity contribution < 1.29 is 38.2 Å². The number of hydrogen-bond donors (Lipinski definition) is 3. The van der Waals surface area contributed by atoms with Gasteiger partial charge in [0.1, 0.15) is 17.2 Å². The first-order valence-electron chi connectivity index (χ1n) is 20.0. The van der Waals surface area contributed by atoms with Gasteiger partial charge in [-0.3, -0.25) is 28.8 Å². The van der Waals surface area contributed by atoms with E-state index in [1.807, 2.05) is 0 Å². The first-order valence-corrected chi connectivity index (χ1v) is 20.0. The molecule has 1 aliphatic heterocycles. The topological polar surface area (TPSA) is 174 Å². The molecule has 1 rings (SSSR count). The summed E-state index contributed by atoms with van der Waals surface area (Å²) < 4.78 is 10.8. The smallest absolute Gasteiger partial charge is 0.306 e. The van der Waals surface area contributed by atoms with E-state index < -0.39 is 58.7 Å². The number of likely N-dealkylation sites (tertiary alicyclic amines) is 1. The molecule has 1 aliphatic rings. The minimum atomic E-state index is -1.10. The molecule has 0 saturated carbocycles. The van der Waals surface area contributed by atoms with Crippen molar-refractivity contribution in [3.63, 3.8) is 0 Å². The van der Waals surface area contributed by atoms with Crippen LogP contribution in [0.2, 0.25) is 0 Å². The lowest BCUT2D eigenvalue weighted by Gasteiger charge is -2.27. The van der Waals surface area contributed by atoms with Gasteiger partial charge in [0, 0.05) is 51.2 Å². The summed E-state index contributed by atoms with van der Waals surface area (Å²) in [6, 6.07) is -1.82. The summed E-state index contributed by atoms with van der Waals surface area (Å²) in [4.78, 5) is 80.5. The summed E-state index contributed by atoms with van der Waals surface area (Å²) in [7, 11) is 0. The molecule has 0 aromatic carbocycles. The van der Waals surface area contributed by atoms with Crippen LogP contribution in [0.4, 0.5) is 0 Å². The third-order valence-electron chi connectivity index (χ3n) is 9.01. The van der Waals surface area contributed by atoms with Crippen molar-refractivity contribution in [1.82, 2.24) is 15.5 Å². The van der Waals surface area contributed by atoms with E-state index in [-0.39, 0.29) is 51.1 Å². The number of carbonyl (C=O) groups excluding carboxylic acids is 6. The maximum absolute atomic E-state index is 13.8. The zero-order valence-corrected chi connectivity index (χ0v) is 33.6. The number of nitrogens with two attached hydrogens (primary N) is 1. The Morgan fingerprint density at radius 1 is 0.750 bits per heavy atom. The third-order valence-corrected chi connectivity index (χ3v) is 9.01. The van der Waals surface area contributed by atoms with E-state index in [0.717, 1.165) is 19.3 Å². The first kappa shape index (κ1) is 47.0. The molecule has 3 atom stereocenters.